The minimum atomic E-state index is 0.164. The summed E-state index contributed by atoms with van der Waals surface area (Å²) in [4.78, 5) is 2.58. The lowest BCUT2D eigenvalue weighted by atomic mass is 9.90. The highest BCUT2D eigenvalue weighted by Gasteiger charge is 2.29. The molecule has 0 aliphatic carbocycles. The van der Waals surface area contributed by atoms with Gasteiger partial charge in [-0.3, -0.25) is 4.90 Å². The molecule has 1 aromatic carbocycles. The lowest BCUT2D eigenvalue weighted by molar-refractivity contribution is 0.103. The third-order valence-corrected chi connectivity index (χ3v) is 4.49. The molecule has 1 saturated heterocycles. The van der Waals surface area contributed by atoms with Gasteiger partial charge in [0.2, 0.25) is 0 Å². The van der Waals surface area contributed by atoms with Gasteiger partial charge in [0.15, 0.2) is 0 Å². The van der Waals surface area contributed by atoms with Crippen molar-refractivity contribution in [2.45, 2.75) is 39.7 Å². The van der Waals surface area contributed by atoms with Crippen molar-refractivity contribution in [2.75, 3.05) is 33.3 Å². The number of ether oxygens (including phenoxy) is 1. The molecule has 20 heavy (non-hydrogen) atoms. The molecule has 2 rings (SSSR count). The number of benzene rings is 1. The Morgan fingerprint density at radius 1 is 1.15 bits per heavy atom. The predicted octanol–water partition coefficient (Wildman–Crippen LogP) is 2.54. The van der Waals surface area contributed by atoms with Gasteiger partial charge in [0, 0.05) is 31.7 Å². The van der Waals surface area contributed by atoms with Gasteiger partial charge in [-0.15, -0.1) is 0 Å². The Bertz CT molecular complexity index is 462. The first-order chi connectivity index (χ1) is 9.44. The standard InChI is InChI=1S/C17H28N2O/c1-13-10-15(16(20-5)11-14(13)2)12-17(3,4)19-8-6-18-7-9-19/h10-11,18H,6-9,12H2,1-5H3. The number of piperazine rings is 1. The number of rotatable bonds is 4. The summed E-state index contributed by atoms with van der Waals surface area (Å²) in [6, 6.07) is 4.45. The molecule has 3 heteroatoms. The minimum Gasteiger partial charge on any atom is -0.496 e. The Labute approximate surface area is 123 Å². The number of hydrogen-bond donors (Lipinski definition) is 1. The molecule has 1 fully saturated rings. The Balaban J connectivity index is 2.21. The highest BCUT2D eigenvalue weighted by Crippen LogP contribution is 2.29. The lowest BCUT2D eigenvalue weighted by Gasteiger charge is -2.41. The Kier molecular flexibility index (Phi) is 4.71. The number of nitrogens with one attached hydrogen (secondary N) is 1. The predicted molar refractivity (Wildman–Crippen MR) is 84.7 cm³/mol. The van der Waals surface area contributed by atoms with E-state index in [2.05, 4.69) is 50.0 Å². The van der Waals surface area contributed by atoms with Crippen LogP contribution in [0.5, 0.6) is 5.75 Å². The van der Waals surface area contributed by atoms with Crippen molar-refractivity contribution in [3.63, 3.8) is 0 Å². The topological polar surface area (TPSA) is 24.5 Å². The Morgan fingerprint density at radius 2 is 1.75 bits per heavy atom. The molecular weight excluding hydrogens is 248 g/mol. The van der Waals surface area contributed by atoms with Crippen LogP contribution in [0.25, 0.3) is 0 Å². The van der Waals surface area contributed by atoms with Crippen LogP contribution >= 0.6 is 0 Å². The van der Waals surface area contributed by atoms with E-state index in [0.29, 0.717) is 0 Å². The zero-order chi connectivity index (χ0) is 14.8. The van der Waals surface area contributed by atoms with Crippen molar-refractivity contribution in [1.29, 1.82) is 0 Å². The molecule has 1 aliphatic rings. The summed E-state index contributed by atoms with van der Waals surface area (Å²) in [5.74, 6) is 1.02. The van der Waals surface area contributed by atoms with Gasteiger partial charge in [-0.05, 0) is 56.9 Å². The summed E-state index contributed by atoms with van der Waals surface area (Å²) >= 11 is 0. The number of methoxy groups -OCH3 is 1. The first-order valence-corrected chi connectivity index (χ1v) is 7.54. The second-order valence-corrected chi connectivity index (χ2v) is 6.47. The van der Waals surface area contributed by atoms with Crippen LogP contribution < -0.4 is 10.1 Å². The van der Waals surface area contributed by atoms with Gasteiger partial charge in [0.1, 0.15) is 5.75 Å². The number of aryl methyl sites for hydroxylation is 2. The molecule has 0 saturated carbocycles. The summed E-state index contributed by atoms with van der Waals surface area (Å²) in [6.45, 7) is 13.4. The van der Waals surface area contributed by atoms with Crippen LogP contribution in [0.15, 0.2) is 12.1 Å². The SMILES string of the molecule is COc1cc(C)c(C)cc1CC(C)(C)N1CCNCC1. The molecule has 0 aromatic heterocycles. The van der Waals surface area contributed by atoms with E-state index in [1.807, 2.05) is 0 Å². The fourth-order valence-electron chi connectivity index (χ4n) is 3.03. The average molecular weight is 276 g/mol. The van der Waals surface area contributed by atoms with Crippen LogP contribution in [0.4, 0.5) is 0 Å². The van der Waals surface area contributed by atoms with Crippen molar-refractivity contribution < 1.29 is 4.74 Å². The van der Waals surface area contributed by atoms with Crippen LogP contribution in [-0.2, 0) is 6.42 Å². The van der Waals surface area contributed by atoms with Crippen molar-refractivity contribution >= 4 is 0 Å². The van der Waals surface area contributed by atoms with E-state index in [1.54, 1.807) is 7.11 Å². The fourth-order valence-corrected chi connectivity index (χ4v) is 3.03. The Hall–Kier alpha value is -1.06. The second-order valence-electron chi connectivity index (χ2n) is 6.47. The quantitative estimate of drug-likeness (QED) is 0.914. The van der Waals surface area contributed by atoms with E-state index >= 15 is 0 Å². The summed E-state index contributed by atoms with van der Waals surface area (Å²) < 4.78 is 5.58. The van der Waals surface area contributed by atoms with Gasteiger partial charge in [-0.2, -0.15) is 0 Å². The van der Waals surface area contributed by atoms with Crippen LogP contribution in [0.3, 0.4) is 0 Å². The molecule has 0 amide bonds. The van der Waals surface area contributed by atoms with E-state index in [0.717, 1.165) is 38.3 Å². The maximum Gasteiger partial charge on any atom is 0.122 e. The molecule has 0 atom stereocenters. The van der Waals surface area contributed by atoms with Crippen LogP contribution in [0.2, 0.25) is 0 Å². The molecule has 1 aromatic rings. The second kappa shape index (κ2) is 6.15. The van der Waals surface area contributed by atoms with Gasteiger partial charge in [0.05, 0.1) is 7.11 Å². The van der Waals surface area contributed by atoms with Crippen molar-refractivity contribution in [1.82, 2.24) is 10.2 Å². The monoisotopic (exact) mass is 276 g/mol. The van der Waals surface area contributed by atoms with Gasteiger partial charge in [-0.1, -0.05) is 6.07 Å². The highest BCUT2D eigenvalue weighted by molar-refractivity contribution is 5.42. The molecular formula is C17H28N2O. The van der Waals surface area contributed by atoms with E-state index < -0.39 is 0 Å². The third-order valence-electron chi connectivity index (χ3n) is 4.49. The number of nitrogens with zero attached hydrogens (tertiary/aromatic N) is 1. The maximum absolute atomic E-state index is 5.58. The van der Waals surface area contributed by atoms with Crippen molar-refractivity contribution in [3.05, 3.63) is 28.8 Å². The fraction of sp³-hybridized carbons (Fsp3) is 0.647. The molecule has 1 heterocycles. The zero-order valence-corrected chi connectivity index (χ0v) is 13.5. The van der Waals surface area contributed by atoms with Gasteiger partial charge >= 0.3 is 0 Å². The Morgan fingerprint density at radius 3 is 2.35 bits per heavy atom. The molecule has 3 nitrogen and oxygen atoms in total. The third kappa shape index (κ3) is 3.33. The average Bonchev–Trinajstić information content (AvgIpc) is 2.43. The summed E-state index contributed by atoms with van der Waals surface area (Å²) in [5, 5.41) is 3.42. The van der Waals surface area contributed by atoms with Crippen molar-refractivity contribution in [3.8, 4) is 5.75 Å². The van der Waals surface area contributed by atoms with Crippen molar-refractivity contribution in [2.24, 2.45) is 0 Å². The minimum absolute atomic E-state index is 0.164. The van der Waals surface area contributed by atoms with Crippen LogP contribution in [0, 0.1) is 13.8 Å². The van der Waals surface area contributed by atoms with Gasteiger partial charge < -0.3 is 10.1 Å². The maximum atomic E-state index is 5.58. The first kappa shape index (κ1) is 15.3. The van der Waals surface area contributed by atoms with Gasteiger partial charge in [0.25, 0.3) is 0 Å². The molecule has 112 valence electrons. The molecule has 1 aliphatic heterocycles. The summed E-state index contributed by atoms with van der Waals surface area (Å²) in [6.07, 6.45) is 1.03. The largest absolute Gasteiger partial charge is 0.496 e. The normalized spacial score (nSPS) is 17.2. The van der Waals surface area contributed by atoms with Crippen LogP contribution in [-0.4, -0.2) is 43.7 Å². The molecule has 0 bridgehead atoms. The van der Waals surface area contributed by atoms with Crippen LogP contribution in [0.1, 0.15) is 30.5 Å². The lowest BCUT2D eigenvalue weighted by Crippen LogP contribution is -2.54. The summed E-state index contributed by atoms with van der Waals surface area (Å²) in [5.41, 5.74) is 4.12. The molecule has 0 spiro atoms. The van der Waals surface area contributed by atoms with Gasteiger partial charge in [-0.25, -0.2) is 0 Å². The smallest absolute Gasteiger partial charge is 0.122 e. The van der Waals surface area contributed by atoms with E-state index in [4.69, 9.17) is 4.74 Å². The molecule has 1 N–H and O–H groups in total. The molecule has 0 radical (unpaired) electrons. The van der Waals surface area contributed by atoms with E-state index in [1.165, 1.54) is 16.7 Å². The summed E-state index contributed by atoms with van der Waals surface area (Å²) in [7, 11) is 1.77. The first-order valence-electron chi connectivity index (χ1n) is 7.54. The molecule has 0 unspecified atom stereocenters. The van der Waals surface area contributed by atoms with E-state index in [9.17, 15) is 0 Å². The highest BCUT2D eigenvalue weighted by atomic mass is 16.5. The zero-order valence-electron chi connectivity index (χ0n) is 13.5. The van der Waals surface area contributed by atoms with E-state index in [-0.39, 0.29) is 5.54 Å². The number of hydrogen-bond acceptors (Lipinski definition) is 3.